The molecular weight excluding hydrogens is 408 g/mol. The Bertz CT molecular complexity index is 803. The molecule has 0 N–H and O–H groups in total. The summed E-state index contributed by atoms with van der Waals surface area (Å²) < 4.78 is 0. The van der Waals surface area contributed by atoms with E-state index in [4.69, 9.17) is 0 Å². The SMILES string of the molecule is CN1CCC(N2CCN(C(=O)[C@@H]3CCc4sc(C(=O)N5CCCC5)cc4C3)CC2)CC1. The first-order valence-electron chi connectivity index (χ1n) is 12.2. The van der Waals surface area contributed by atoms with Crippen molar-refractivity contribution in [1.82, 2.24) is 19.6 Å². The molecule has 0 radical (unpaired) electrons. The molecule has 4 aliphatic rings. The lowest BCUT2D eigenvalue weighted by Crippen LogP contribution is -2.55. The average Bonchev–Trinajstić information content (AvgIpc) is 3.48. The van der Waals surface area contributed by atoms with E-state index in [1.807, 2.05) is 4.90 Å². The van der Waals surface area contributed by atoms with E-state index >= 15 is 0 Å². The molecule has 0 spiro atoms. The number of rotatable bonds is 3. The highest BCUT2D eigenvalue weighted by Crippen LogP contribution is 2.34. The molecule has 0 aromatic carbocycles. The number of fused-ring (bicyclic) bond motifs is 1. The van der Waals surface area contributed by atoms with E-state index in [0.717, 1.165) is 76.2 Å². The third-order valence-electron chi connectivity index (χ3n) is 7.87. The van der Waals surface area contributed by atoms with Crippen molar-refractivity contribution in [2.75, 3.05) is 59.4 Å². The van der Waals surface area contributed by atoms with Gasteiger partial charge >= 0.3 is 0 Å². The van der Waals surface area contributed by atoms with Gasteiger partial charge in [-0.25, -0.2) is 0 Å². The largest absolute Gasteiger partial charge is 0.340 e. The van der Waals surface area contributed by atoms with Gasteiger partial charge in [-0.1, -0.05) is 0 Å². The molecule has 5 rings (SSSR count). The average molecular weight is 445 g/mol. The van der Waals surface area contributed by atoms with Crippen LogP contribution in [0.2, 0.25) is 0 Å². The molecule has 7 heteroatoms. The van der Waals surface area contributed by atoms with Crippen LogP contribution in [0, 0.1) is 5.92 Å². The Morgan fingerprint density at radius 3 is 2.32 bits per heavy atom. The predicted molar refractivity (Wildman–Crippen MR) is 124 cm³/mol. The zero-order valence-electron chi connectivity index (χ0n) is 18.9. The van der Waals surface area contributed by atoms with Crippen LogP contribution in [0.15, 0.2) is 6.07 Å². The molecule has 2 amide bonds. The quantitative estimate of drug-likeness (QED) is 0.718. The number of carbonyl (C=O) groups excluding carboxylic acids is 2. The third-order valence-corrected chi connectivity index (χ3v) is 9.09. The Balaban J connectivity index is 1.15. The lowest BCUT2D eigenvalue weighted by atomic mass is 9.87. The van der Waals surface area contributed by atoms with E-state index in [-0.39, 0.29) is 11.8 Å². The van der Waals surface area contributed by atoms with E-state index in [1.165, 1.54) is 36.4 Å². The summed E-state index contributed by atoms with van der Waals surface area (Å²) in [5.41, 5.74) is 1.25. The highest BCUT2D eigenvalue weighted by Gasteiger charge is 2.34. The number of piperidine rings is 1. The van der Waals surface area contributed by atoms with Crippen LogP contribution in [0.25, 0.3) is 0 Å². The molecule has 1 aromatic heterocycles. The maximum Gasteiger partial charge on any atom is 0.263 e. The van der Waals surface area contributed by atoms with Gasteiger partial charge in [-0.3, -0.25) is 14.5 Å². The minimum atomic E-state index is 0.0896. The number of thiophene rings is 1. The van der Waals surface area contributed by atoms with Crippen molar-refractivity contribution >= 4 is 23.2 Å². The molecule has 3 fully saturated rings. The van der Waals surface area contributed by atoms with Crippen LogP contribution in [-0.4, -0.2) is 96.9 Å². The zero-order chi connectivity index (χ0) is 21.4. The predicted octanol–water partition coefficient (Wildman–Crippen LogP) is 2.33. The molecule has 4 heterocycles. The Hall–Kier alpha value is -1.44. The molecule has 0 unspecified atom stereocenters. The molecule has 3 saturated heterocycles. The van der Waals surface area contributed by atoms with Crippen molar-refractivity contribution in [1.29, 1.82) is 0 Å². The normalized spacial score (nSPS) is 26.3. The first-order valence-corrected chi connectivity index (χ1v) is 13.0. The summed E-state index contributed by atoms with van der Waals surface area (Å²) >= 11 is 1.67. The minimum absolute atomic E-state index is 0.0896. The lowest BCUT2D eigenvalue weighted by Gasteiger charge is -2.43. The number of piperazine rings is 1. The topological polar surface area (TPSA) is 47.1 Å². The van der Waals surface area contributed by atoms with Crippen LogP contribution in [0.5, 0.6) is 0 Å². The molecule has 1 atom stereocenters. The smallest absolute Gasteiger partial charge is 0.263 e. The lowest BCUT2D eigenvalue weighted by molar-refractivity contribution is -0.138. The number of hydrogen-bond donors (Lipinski definition) is 0. The summed E-state index contributed by atoms with van der Waals surface area (Å²) in [4.78, 5) is 37.4. The van der Waals surface area contributed by atoms with E-state index in [1.54, 1.807) is 11.3 Å². The Morgan fingerprint density at radius 2 is 1.61 bits per heavy atom. The summed E-state index contributed by atoms with van der Waals surface area (Å²) in [5.74, 6) is 0.629. The number of amides is 2. The molecule has 0 bridgehead atoms. The van der Waals surface area contributed by atoms with E-state index in [2.05, 4.69) is 27.8 Å². The van der Waals surface area contributed by atoms with Crippen molar-refractivity contribution in [3.63, 3.8) is 0 Å². The molecule has 3 aliphatic heterocycles. The number of likely N-dealkylation sites (tertiary alicyclic amines) is 2. The Labute approximate surface area is 190 Å². The Kier molecular flexibility index (Phi) is 6.35. The van der Waals surface area contributed by atoms with Crippen LogP contribution >= 0.6 is 11.3 Å². The molecule has 0 saturated carbocycles. The molecule has 6 nitrogen and oxygen atoms in total. The van der Waals surface area contributed by atoms with Crippen LogP contribution in [0.1, 0.15) is 52.2 Å². The molecular formula is C24H36N4O2S. The van der Waals surface area contributed by atoms with Crippen molar-refractivity contribution < 1.29 is 9.59 Å². The van der Waals surface area contributed by atoms with Crippen molar-refractivity contribution in [2.24, 2.45) is 5.92 Å². The third kappa shape index (κ3) is 4.55. The Morgan fingerprint density at radius 1 is 0.903 bits per heavy atom. The molecule has 1 aromatic rings. The number of hydrogen-bond acceptors (Lipinski definition) is 5. The standard InChI is InChI=1S/C24H36N4O2S/c1-25-10-6-20(7-11-25)26-12-14-28(15-13-26)23(29)18-4-5-21-19(16-18)17-22(31-21)24(30)27-8-2-3-9-27/h17-18,20H,2-16H2,1H3/t18-/m1/s1. The molecule has 31 heavy (non-hydrogen) atoms. The maximum absolute atomic E-state index is 13.3. The number of carbonyl (C=O) groups is 2. The summed E-state index contributed by atoms with van der Waals surface area (Å²) in [7, 11) is 2.21. The second kappa shape index (κ2) is 9.20. The summed E-state index contributed by atoms with van der Waals surface area (Å²) in [6.07, 6.45) is 7.45. The van der Waals surface area contributed by atoms with Crippen LogP contribution in [-0.2, 0) is 17.6 Å². The van der Waals surface area contributed by atoms with Crippen molar-refractivity contribution in [2.45, 2.75) is 51.0 Å². The fourth-order valence-corrected chi connectivity index (χ4v) is 7.02. The second-order valence-corrected chi connectivity index (χ2v) is 11.0. The van der Waals surface area contributed by atoms with Gasteiger partial charge in [-0.15, -0.1) is 11.3 Å². The zero-order valence-corrected chi connectivity index (χ0v) is 19.7. The van der Waals surface area contributed by atoms with Gasteiger partial charge in [0.2, 0.25) is 5.91 Å². The van der Waals surface area contributed by atoms with E-state index in [0.29, 0.717) is 11.9 Å². The van der Waals surface area contributed by atoms with Crippen molar-refractivity contribution in [3.8, 4) is 0 Å². The fourth-order valence-electron chi connectivity index (χ4n) is 5.84. The van der Waals surface area contributed by atoms with Gasteiger partial charge in [0.15, 0.2) is 0 Å². The highest BCUT2D eigenvalue weighted by molar-refractivity contribution is 7.14. The molecule has 1 aliphatic carbocycles. The number of aryl methyl sites for hydroxylation is 1. The van der Waals surface area contributed by atoms with Gasteiger partial charge < -0.3 is 14.7 Å². The first kappa shape index (κ1) is 21.4. The summed E-state index contributed by atoms with van der Waals surface area (Å²) in [6, 6.07) is 2.79. The second-order valence-electron chi connectivity index (χ2n) is 9.89. The van der Waals surface area contributed by atoms with Gasteiger partial charge in [0, 0.05) is 56.1 Å². The highest BCUT2D eigenvalue weighted by atomic mass is 32.1. The van der Waals surface area contributed by atoms with Crippen LogP contribution in [0.3, 0.4) is 0 Å². The van der Waals surface area contributed by atoms with Gasteiger partial charge in [-0.2, -0.15) is 0 Å². The fraction of sp³-hybridized carbons (Fsp3) is 0.750. The monoisotopic (exact) mass is 444 g/mol. The molecule has 170 valence electrons. The van der Waals surface area contributed by atoms with Gasteiger partial charge in [0.05, 0.1) is 4.88 Å². The number of nitrogens with zero attached hydrogens (tertiary/aromatic N) is 4. The van der Waals surface area contributed by atoms with Crippen molar-refractivity contribution in [3.05, 3.63) is 21.4 Å². The summed E-state index contributed by atoms with van der Waals surface area (Å²) in [5, 5.41) is 0. The van der Waals surface area contributed by atoms with Crippen LogP contribution < -0.4 is 0 Å². The van der Waals surface area contributed by atoms with Gasteiger partial charge in [0.1, 0.15) is 0 Å². The van der Waals surface area contributed by atoms with Gasteiger partial charge in [-0.05, 0) is 76.7 Å². The maximum atomic E-state index is 13.3. The first-order chi connectivity index (χ1) is 15.1. The van der Waals surface area contributed by atoms with Gasteiger partial charge in [0.25, 0.3) is 5.91 Å². The van der Waals surface area contributed by atoms with Crippen LogP contribution in [0.4, 0.5) is 0 Å². The summed E-state index contributed by atoms with van der Waals surface area (Å²) in [6.45, 7) is 7.95. The van der Waals surface area contributed by atoms with E-state index < -0.39 is 0 Å². The van der Waals surface area contributed by atoms with E-state index in [9.17, 15) is 9.59 Å². The minimum Gasteiger partial charge on any atom is -0.340 e.